The third-order valence-corrected chi connectivity index (χ3v) is 2.69. The average Bonchev–Trinajstić information content (AvgIpc) is 2.82. The lowest BCUT2D eigenvalue weighted by Crippen LogP contribution is -2.23. The van der Waals surface area contributed by atoms with Crippen molar-refractivity contribution in [2.24, 2.45) is 0 Å². The minimum Gasteiger partial charge on any atom is -0.343 e. The Balaban J connectivity index is 2.09. The van der Waals surface area contributed by atoms with E-state index < -0.39 is 10.8 Å². The quantitative estimate of drug-likeness (QED) is 0.681. The Bertz CT molecular complexity index is 670. The smallest absolute Gasteiger partial charge is 0.288 e. The summed E-state index contributed by atoms with van der Waals surface area (Å²) < 4.78 is 4.83. The molecule has 0 saturated carbocycles. The molecule has 2 aromatic rings. The summed E-state index contributed by atoms with van der Waals surface area (Å²) >= 11 is 5.66. The average molecular weight is 297 g/mol. The van der Waals surface area contributed by atoms with Gasteiger partial charge in [0, 0.05) is 11.6 Å². The van der Waals surface area contributed by atoms with Crippen molar-refractivity contribution in [2.45, 2.75) is 13.5 Å². The van der Waals surface area contributed by atoms with Gasteiger partial charge in [-0.05, 0) is 19.1 Å². The number of hydrogen-bond donors (Lipinski definition) is 1. The Morgan fingerprint density at radius 2 is 2.30 bits per heavy atom. The minimum atomic E-state index is -0.652. The van der Waals surface area contributed by atoms with Crippen LogP contribution in [-0.2, 0) is 6.54 Å². The van der Waals surface area contributed by atoms with Crippen molar-refractivity contribution >= 4 is 23.2 Å². The van der Waals surface area contributed by atoms with E-state index >= 15 is 0 Å². The Morgan fingerprint density at radius 1 is 1.55 bits per heavy atom. The van der Waals surface area contributed by atoms with E-state index in [1.807, 2.05) is 0 Å². The SMILES string of the molecule is Cc1noc(CNC(=O)c2ccc(Cl)c([N+](=O)[O-])c2)n1. The van der Waals surface area contributed by atoms with Crippen molar-refractivity contribution in [1.82, 2.24) is 15.5 Å². The number of carbonyl (C=O) groups excluding carboxylic acids is 1. The predicted octanol–water partition coefficient (Wildman–Crippen LogP) is 1.87. The first-order chi connectivity index (χ1) is 9.47. The number of aromatic nitrogens is 2. The van der Waals surface area contributed by atoms with Crippen LogP contribution in [0.5, 0.6) is 0 Å². The van der Waals surface area contributed by atoms with Gasteiger partial charge in [-0.25, -0.2) is 0 Å². The number of halogens is 1. The van der Waals surface area contributed by atoms with E-state index in [0.717, 1.165) is 6.07 Å². The highest BCUT2D eigenvalue weighted by atomic mass is 35.5. The third kappa shape index (κ3) is 3.09. The highest BCUT2D eigenvalue weighted by Crippen LogP contribution is 2.24. The Kier molecular flexibility index (Phi) is 3.94. The summed E-state index contributed by atoms with van der Waals surface area (Å²) in [5, 5.41) is 16.8. The summed E-state index contributed by atoms with van der Waals surface area (Å²) in [6.07, 6.45) is 0. The summed E-state index contributed by atoms with van der Waals surface area (Å²) in [4.78, 5) is 25.8. The second-order valence-electron chi connectivity index (χ2n) is 3.84. The van der Waals surface area contributed by atoms with Gasteiger partial charge in [0.15, 0.2) is 5.82 Å². The molecule has 20 heavy (non-hydrogen) atoms. The van der Waals surface area contributed by atoms with Gasteiger partial charge < -0.3 is 9.84 Å². The van der Waals surface area contributed by atoms with Gasteiger partial charge in [-0.15, -0.1) is 0 Å². The number of nitro benzene ring substituents is 1. The van der Waals surface area contributed by atoms with Gasteiger partial charge in [-0.3, -0.25) is 14.9 Å². The Hall–Kier alpha value is -2.48. The highest BCUT2D eigenvalue weighted by Gasteiger charge is 2.16. The van der Waals surface area contributed by atoms with E-state index in [2.05, 4.69) is 15.5 Å². The molecule has 0 fully saturated rings. The first-order valence-corrected chi connectivity index (χ1v) is 5.86. The molecule has 0 aliphatic carbocycles. The Morgan fingerprint density at radius 3 is 2.90 bits per heavy atom. The molecule has 8 nitrogen and oxygen atoms in total. The summed E-state index contributed by atoms with van der Waals surface area (Å²) in [7, 11) is 0. The lowest BCUT2D eigenvalue weighted by molar-refractivity contribution is -0.384. The zero-order valence-electron chi connectivity index (χ0n) is 10.3. The van der Waals surface area contributed by atoms with Gasteiger partial charge in [0.25, 0.3) is 11.6 Å². The molecule has 0 bridgehead atoms. The predicted molar refractivity (Wildman–Crippen MR) is 68.3 cm³/mol. The molecular formula is C11H9ClN4O4. The second kappa shape index (κ2) is 5.66. The molecule has 1 aromatic carbocycles. The summed E-state index contributed by atoms with van der Waals surface area (Å²) in [5.41, 5.74) is -0.203. The van der Waals surface area contributed by atoms with Crippen LogP contribution in [0.4, 0.5) is 5.69 Å². The number of hydrogen-bond acceptors (Lipinski definition) is 6. The van der Waals surface area contributed by atoms with E-state index in [0.29, 0.717) is 5.82 Å². The van der Waals surface area contributed by atoms with Crippen LogP contribution in [0.1, 0.15) is 22.1 Å². The zero-order chi connectivity index (χ0) is 14.7. The maximum absolute atomic E-state index is 11.8. The summed E-state index contributed by atoms with van der Waals surface area (Å²) in [6, 6.07) is 3.80. The number of nitrogens with one attached hydrogen (secondary N) is 1. The van der Waals surface area contributed by atoms with Gasteiger partial charge >= 0.3 is 0 Å². The van der Waals surface area contributed by atoms with Gasteiger partial charge in [-0.2, -0.15) is 4.98 Å². The van der Waals surface area contributed by atoms with E-state index in [1.165, 1.54) is 12.1 Å². The summed E-state index contributed by atoms with van der Waals surface area (Å²) in [6.45, 7) is 1.69. The third-order valence-electron chi connectivity index (χ3n) is 2.37. The summed E-state index contributed by atoms with van der Waals surface area (Å²) in [5.74, 6) is 0.205. The van der Waals surface area contributed by atoms with Gasteiger partial charge in [0.05, 0.1) is 11.5 Å². The number of carbonyl (C=O) groups is 1. The molecule has 0 saturated heterocycles. The molecule has 0 aliphatic rings. The number of rotatable bonds is 4. The minimum absolute atomic E-state index is 0.0286. The second-order valence-corrected chi connectivity index (χ2v) is 4.25. The number of amides is 1. The van der Waals surface area contributed by atoms with Crippen molar-refractivity contribution in [3.8, 4) is 0 Å². The van der Waals surface area contributed by atoms with Crippen molar-refractivity contribution in [3.63, 3.8) is 0 Å². The number of nitro groups is 1. The van der Waals surface area contributed by atoms with E-state index in [-0.39, 0.29) is 28.7 Å². The van der Waals surface area contributed by atoms with Crippen LogP contribution in [-0.4, -0.2) is 21.0 Å². The van der Waals surface area contributed by atoms with Crippen LogP contribution < -0.4 is 5.32 Å². The van der Waals surface area contributed by atoms with Crippen LogP contribution >= 0.6 is 11.6 Å². The van der Waals surface area contributed by atoms with Crippen LogP contribution in [0.25, 0.3) is 0 Å². The van der Waals surface area contributed by atoms with E-state index in [4.69, 9.17) is 16.1 Å². The van der Waals surface area contributed by atoms with E-state index in [1.54, 1.807) is 6.92 Å². The maximum Gasteiger partial charge on any atom is 0.288 e. The zero-order valence-corrected chi connectivity index (χ0v) is 11.0. The molecule has 0 aliphatic heterocycles. The number of aryl methyl sites for hydroxylation is 1. The molecule has 1 N–H and O–H groups in total. The van der Waals surface area contributed by atoms with Gasteiger partial charge in [0.2, 0.25) is 5.89 Å². The van der Waals surface area contributed by atoms with Crippen molar-refractivity contribution in [1.29, 1.82) is 0 Å². The van der Waals surface area contributed by atoms with Gasteiger partial charge in [-0.1, -0.05) is 16.8 Å². The lowest BCUT2D eigenvalue weighted by Gasteiger charge is -2.03. The number of nitrogens with zero attached hydrogens (tertiary/aromatic N) is 3. The molecule has 1 aromatic heterocycles. The lowest BCUT2D eigenvalue weighted by atomic mass is 10.2. The molecule has 1 amide bonds. The fraction of sp³-hybridized carbons (Fsp3) is 0.182. The fourth-order valence-corrected chi connectivity index (χ4v) is 1.65. The standard InChI is InChI=1S/C11H9ClN4O4/c1-6-14-10(20-15-6)5-13-11(17)7-2-3-8(12)9(4-7)16(18)19/h2-4H,5H2,1H3,(H,13,17). The normalized spacial score (nSPS) is 10.3. The molecule has 104 valence electrons. The molecule has 2 rings (SSSR count). The first-order valence-electron chi connectivity index (χ1n) is 5.48. The highest BCUT2D eigenvalue weighted by molar-refractivity contribution is 6.32. The fourth-order valence-electron chi connectivity index (χ4n) is 1.46. The molecule has 1 heterocycles. The van der Waals surface area contributed by atoms with Crippen LogP contribution in [0.15, 0.2) is 22.7 Å². The van der Waals surface area contributed by atoms with Crippen molar-refractivity contribution in [2.75, 3.05) is 0 Å². The molecule has 9 heteroatoms. The molecular weight excluding hydrogens is 288 g/mol. The molecule has 0 radical (unpaired) electrons. The topological polar surface area (TPSA) is 111 Å². The van der Waals surface area contributed by atoms with Crippen LogP contribution in [0.3, 0.4) is 0 Å². The van der Waals surface area contributed by atoms with Crippen molar-refractivity contribution in [3.05, 3.63) is 50.6 Å². The Labute approximate surface area is 117 Å². The monoisotopic (exact) mass is 296 g/mol. The van der Waals surface area contributed by atoms with Crippen LogP contribution in [0, 0.1) is 17.0 Å². The largest absolute Gasteiger partial charge is 0.343 e. The maximum atomic E-state index is 11.8. The molecule has 0 unspecified atom stereocenters. The van der Waals surface area contributed by atoms with Crippen molar-refractivity contribution < 1.29 is 14.2 Å². The van der Waals surface area contributed by atoms with E-state index in [9.17, 15) is 14.9 Å². The number of benzene rings is 1. The molecule has 0 atom stereocenters. The van der Waals surface area contributed by atoms with Crippen LogP contribution in [0.2, 0.25) is 5.02 Å². The van der Waals surface area contributed by atoms with Gasteiger partial charge in [0.1, 0.15) is 5.02 Å². The molecule has 0 spiro atoms. The first kappa shape index (κ1) is 13.9.